The molecule has 1 saturated heterocycles. The van der Waals surface area contributed by atoms with Gasteiger partial charge in [0.25, 0.3) is 0 Å². The number of nitrogens with one attached hydrogen (secondary N) is 1. The molecule has 100 valence electrons. The van der Waals surface area contributed by atoms with Crippen LogP contribution < -0.4 is 5.32 Å². The van der Waals surface area contributed by atoms with Gasteiger partial charge in [0.1, 0.15) is 0 Å². The fourth-order valence-corrected chi connectivity index (χ4v) is 3.62. The van der Waals surface area contributed by atoms with Gasteiger partial charge in [0.2, 0.25) is 0 Å². The summed E-state index contributed by atoms with van der Waals surface area (Å²) in [6, 6.07) is 0.727. The minimum atomic E-state index is 0.132. The van der Waals surface area contributed by atoms with Gasteiger partial charge in [-0.25, -0.2) is 0 Å². The lowest BCUT2D eigenvalue weighted by Crippen LogP contribution is -2.33. The molecule has 1 N–H and O–H groups in total. The van der Waals surface area contributed by atoms with Gasteiger partial charge in [-0.3, -0.25) is 0 Å². The maximum atomic E-state index is 6.08. The number of rotatable bonds is 5. The van der Waals surface area contributed by atoms with Crippen molar-refractivity contribution in [1.82, 2.24) is 5.32 Å². The third-order valence-electron chi connectivity index (χ3n) is 4.69. The van der Waals surface area contributed by atoms with Crippen molar-refractivity contribution >= 4 is 0 Å². The number of hydrogen-bond donors (Lipinski definition) is 1. The topological polar surface area (TPSA) is 21.3 Å². The molecular weight excluding hydrogens is 210 g/mol. The van der Waals surface area contributed by atoms with Gasteiger partial charge in [-0.1, -0.05) is 12.8 Å². The summed E-state index contributed by atoms with van der Waals surface area (Å²) in [5, 5.41) is 3.53. The molecule has 2 nitrogen and oxygen atoms in total. The van der Waals surface area contributed by atoms with Crippen molar-refractivity contribution in [1.29, 1.82) is 0 Å². The first-order chi connectivity index (χ1) is 8.11. The van der Waals surface area contributed by atoms with E-state index >= 15 is 0 Å². The fourth-order valence-electron chi connectivity index (χ4n) is 3.62. The normalized spacial score (nSPS) is 30.9. The molecule has 2 rings (SSSR count). The summed E-state index contributed by atoms with van der Waals surface area (Å²) >= 11 is 0. The minimum Gasteiger partial charge on any atom is -0.372 e. The molecule has 17 heavy (non-hydrogen) atoms. The van der Waals surface area contributed by atoms with E-state index < -0.39 is 0 Å². The van der Waals surface area contributed by atoms with Crippen molar-refractivity contribution in [2.24, 2.45) is 5.92 Å². The summed E-state index contributed by atoms with van der Waals surface area (Å²) in [6.07, 6.45) is 11.3. The Morgan fingerprint density at radius 1 is 1.24 bits per heavy atom. The van der Waals surface area contributed by atoms with E-state index in [1.54, 1.807) is 0 Å². The average Bonchev–Trinajstić information content (AvgIpc) is 2.89. The third kappa shape index (κ3) is 3.69. The van der Waals surface area contributed by atoms with Gasteiger partial charge in [-0.05, 0) is 65.3 Å². The van der Waals surface area contributed by atoms with E-state index in [1.165, 1.54) is 51.4 Å². The first-order valence-electron chi connectivity index (χ1n) is 7.46. The summed E-state index contributed by atoms with van der Waals surface area (Å²) in [5.74, 6) is 0.925. The molecule has 1 saturated carbocycles. The maximum Gasteiger partial charge on any atom is 0.0631 e. The van der Waals surface area contributed by atoms with Gasteiger partial charge in [0, 0.05) is 6.04 Å². The van der Waals surface area contributed by atoms with Crippen molar-refractivity contribution in [3.63, 3.8) is 0 Å². The Kier molecular flexibility index (Phi) is 4.48. The molecule has 2 heteroatoms. The molecule has 2 fully saturated rings. The van der Waals surface area contributed by atoms with Gasteiger partial charge in [-0.2, -0.15) is 0 Å². The Bertz CT molecular complexity index is 233. The maximum absolute atomic E-state index is 6.08. The van der Waals surface area contributed by atoms with Gasteiger partial charge in [0.05, 0.1) is 11.7 Å². The molecule has 0 aromatic carbocycles. The Morgan fingerprint density at radius 2 is 1.94 bits per heavy atom. The molecule has 2 aliphatic rings. The summed E-state index contributed by atoms with van der Waals surface area (Å²) in [7, 11) is 2.13. The fraction of sp³-hybridized carbons (Fsp3) is 1.00. The Morgan fingerprint density at radius 3 is 2.47 bits per heavy atom. The molecule has 0 radical (unpaired) electrons. The van der Waals surface area contributed by atoms with Crippen LogP contribution in [-0.4, -0.2) is 24.8 Å². The van der Waals surface area contributed by atoms with Crippen LogP contribution in [0.3, 0.4) is 0 Å². The summed E-state index contributed by atoms with van der Waals surface area (Å²) < 4.78 is 6.08. The van der Waals surface area contributed by atoms with E-state index in [2.05, 4.69) is 26.2 Å². The molecule has 0 aromatic heterocycles. The van der Waals surface area contributed by atoms with E-state index in [1.807, 2.05) is 0 Å². The second kappa shape index (κ2) is 5.71. The van der Waals surface area contributed by atoms with Crippen LogP contribution in [0.2, 0.25) is 0 Å². The van der Waals surface area contributed by atoms with E-state index in [0.717, 1.165) is 12.0 Å². The molecule has 0 spiro atoms. The predicted octanol–water partition coefficient (Wildman–Crippen LogP) is 3.50. The summed E-state index contributed by atoms with van der Waals surface area (Å²) in [6.45, 7) is 4.44. The molecular formula is C15H29NO. The van der Waals surface area contributed by atoms with Crippen LogP contribution in [0, 0.1) is 5.92 Å². The molecule has 1 heterocycles. The smallest absolute Gasteiger partial charge is 0.0631 e. The van der Waals surface area contributed by atoms with Gasteiger partial charge in [0.15, 0.2) is 0 Å². The molecule has 0 bridgehead atoms. The van der Waals surface area contributed by atoms with E-state index in [9.17, 15) is 0 Å². The first kappa shape index (κ1) is 13.4. The van der Waals surface area contributed by atoms with E-state index in [0.29, 0.717) is 6.10 Å². The first-order valence-corrected chi connectivity index (χ1v) is 7.46. The average molecular weight is 239 g/mol. The summed E-state index contributed by atoms with van der Waals surface area (Å²) in [4.78, 5) is 0. The van der Waals surface area contributed by atoms with Crippen molar-refractivity contribution < 1.29 is 4.74 Å². The Labute approximate surface area is 107 Å². The monoisotopic (exact) mass is 239 g/mol. The second-order valence-corrected chi connectivity index (χ2v) is 6.56. The van der Waals surface area contributed by atoms with Crippen LogP contribution in [0.5, 0.6) is 0 Å². The summed E-state index contributed by atoms with van der Waals surface area (Å²) in [5.41, 5.74) is 0.132. The van der Waals surface area contributed by atoms with Gasteiger partial charge in [-0.15, -0.1) is 0 Å². The zero-order valence-corrected chi connectivity index (χ0v) is 11.8. The van der Waals surface area contributed by atoms with Crippen LogP contribution in [-0.2, 0) is 4.74 Å². The molecule has 1 aliphatic carbocycles. The van der Waals surface area contributed by atoms with Crippen molar-refractivity contribution in [3.05, 3.63) is 0 Å². The SMILES string of the molecule is CNC(CCC1CCC(C)(C)O1)C1CCCC1. The zero-order chi connectivity index (χ0) is 12.3. The lowest BCUT2D eigenvalue weighted by molar-refractivity contribution is -0.0203. The lowest BCUT2D eigenvalue weighted by Gasteiger charge is -2.25. The van der Waals surface area contributed by atoms with Gasteiger partial charge < -0.3 is 10.1 Å². The second-order valence-electron chi connectivity index (χ2n) is 6.56. The van der Waals surface area contributed by atoms with Crippen molar-refractivity contribution in [2.75, 3.05) is 7.05 Å². The van der Waals surface area contributed by atoms with Crippen LogP contribution >= 0.6 is 0 Å². The largest absolute Gasteiger partial charge is 0.372 e. The van der Waals surface area contributed by atoms with E-state index in [4.69, 9.17) is 4.74 Å². The predicted molar refractivity (Wildman–Crippen MR) is 72.2 cm³/mol. The van der Waals surface area contributed by atoms with Crippen LogP contribution in [0.25, 0.3) is 0 Å². The standard InChI is InChI=1S/C15H29NO/c1-15(2)11-10-13(17-15)8-9-14(16-3)12-6-4-5-7-12/h12-14,16H,4-11H2,1-3H3. The van der Waals surface area contributed by atoms with Crippen LogP contribution in [0.15, 0.2) is 0 Å². The van der Waals surface area contributed by atoms with E-state index in [-0.39, 0.29) is 5.60 Å². The Hall–Kier alpha value is -0.0800. The van der Waals surface area contributed by atoms with Gasteiger partial charge >= 0.3 is 0 Å². The molecule has 1 aliphatic heterocycles. The highest BCUT2D eigenvalue weighted by atomic mass is 16.5. The highest BCUT2D eigenvalue weighted by molar-refractivity contribution is 4.84. The minimum absolute atomic E-state index is 0.132. The molecule has 0 amide bonds. The highest BCUT2D eigenvalue weighted by Gasteiger charge is 2.32. The quantitative estimate of drug-likeness (QED) is 0.793. The van der Waals surface area contributed by atoms with Crippen molar-refractivity contribution in [3.8, 4) is 0 Å². The molecule has 2 atom stereocenters. The molecule has 2 unspecified atom stereocenters. The zero-order valence-electron chi connectivity index (χ0n) is 11.8. The third-order valence-corrected chi connectivity index (χ3v) is 4.69. The molecule has 0 aromatic rings. The highest BCUT2D eigenvalue weighted by Crippen LogP contribution is 2.34. The van der Waals surface area contributed by atoms with Crippen molar-refractivity contribution in [2.45, 2.75) is 83.0 Å². The van der Waals surface area contributed by atoms with Crippen LogP contribution in [0.1, 0.15) is 65.2 Å². The van der Waals surface area contributed by atoms with Crippen LogP contribution in [0.4, 0.5) is 0 Å². The number of hydrogen-bond acceptors (Lipinski definition) is 2. The Balaban J connectivity index is 1.72. The number of ether oxygens (including phenoxy) is 1. The lowest BCUT2D eigenvalue weighted by atomic mass is 9.92.